The monoisotopic (exact) mass is 285 g/mol. The van der Waals surface area contributed by atoms with E-state index in [4.69, 9.17) is 10.5 Å². The van der Waals surface area contributed by atoms with Gasteiger partial charge in [-0.15, -0.1) is 12.4 Å². The third-order valence-electron chi connectivity index (χ3n) is 2.36. The topological polar surface area (TPSA) is 55.5 Å². The van der Waals surface area contributed by atoms with Crippen LogP contribution in [0.3, 0.4) is 0 Å². The third-order valence-corrected chi connectivity index (χ3v) is 2.36. The average Bonchev–Trinajstić information content (AvgIpc) is 2.24. The van der Waals surface area contributed by atoms with Crippen molar-refractivity contribution in [1.82, 2.24) is 0 Å². The van der Waals surface area contributed by atoms with Gasteiger partial charge in [-0.1, -0.05) is 6.07 Å². The van der Waals surface area contributed by atoms with Gasteiger partial charge in [0.1, 0.15) is 11.5 Å². The van der Waals surface area contributed by atoms with Crippen LogP contribution < -0.4 is 10.5 Å². The molecular weight excluding hydrogens is 271 g/mol. The summed E-state index contributed by atoms with van der Waals surface area (Å²) in [6.45, 7) is 0. The van der Waals surface area contributed by atoms with Gasteiger partial charge in [0.25, 0.3) is 0 Å². The number of ether oxygens (including phenoxy) is 1. The zero-order valence-electron chi connectivity index (χ0n) is 9.70. The van der Waals surface area contributed by atoms with Crippen LogP contribution in [0.2, 0.25) is 0 Å². The molecule has 7 heteroatoms. The largest absolute Gasteiger partial charge is 0.508 e. The van der Waals surface area contributed by atoms with Crippen LogP contribution in [-0.4, -0.2) is 18.4 Å². The molecule has 0 heterocycles. The summed E-state index contributed by atoms with van der Waals surface area (Å²) in [5, 5.41) is 9.21. The molecule has 0 radical (unpaired) electrons. The lowest BCUT2D eigenvalue weighted by atomic mass is 10.0. The minimum atomic E-state index is -4.22. The Balaban J connectivity index is 0.00000289. The molecule has 0 bridgehead atoms. The highest BCUT2D eigenvalue weighted by Gasteiger charge is 2.28. The summed E-state index contributed by atoms with van der Waals surface area (Å²) in [6.07, 6.45) is -5.38. The van der Waals surface area contributed by atoms with E-state index < -0.39 is 18.6 Å². The molecule has 0 spiro atoms. The molecule has 18 heavy (non-hydrogen) atoms. The van der Waals surface area contributed by atoms with Crippen LogP contribution in [0.15, 0.2) is 18.2 Å². The number of phenols is 1. The maximum absolute atomic E-state index is 12.1. The second-order valence-corrected chi connectivity index (χ2v) is 3.69. The van der Waals surface area contributed by atoms with Crippen LogP contribution in [0.1, 0.15) is 24.4 Å². The van der Waals surface area contributed by atoms with Crippen molar-refractivity contribution in [2.45, 2.75) is 25.1 Å². The first-order chi connectivity index (χ1) is 7.83. The first-order valence-corrected chi connectivity index (χ1v) is 5.02. The van der Waals surface area contributed by atoms with Crippen molar-refractivity contribution in [1.29, 1.82) is 0 Å². The Morgan fingerprint density at radius 1 is 1.39 bits per heavy atom. The van der Waals surface area contributed by atoms with E-state index in [1.807, 2.05) is 0 Å². The number of benzene rings is 1. The van der Waals surface area contributed by atoms with E-state index >= 15 is 0 Å². The lowest BCUT2D eigenvalue weighted by molar-refractivity contribution is -0.136. The fourth-order valence-electron chi connectivity index (χ4n) is 1.48. The molecule has 0 saturated carbocycles. The number of phenolic OH excluding ortho intramolecular Hbond substituents is 1. The van der Waals surface area contributed by atoms with Gasteiger partial charge >= 0.3 is 6.18 Å². The summed E-state index contributed by atoms with van der Waals surface area (Å²) in [4.78, 5) is 0. The predicted octanol–water partition coefficient (Wildman–Crippen LogP) is 3.16. The number of methoxy groups -OCH3 is 1. The van der Waals surface area contributed by atoms with E-state index in [0.717, 1.165) is 0 Å². The zero-order valence-corrected chi connectivity index (χ0v) is 10.5. The van der Waals surface area contributed by atoms with Gasteiger partial charge in [0.05, 0.1) is 7.11 Å². The minimum absolute atomic E-state index is 0. The quantitative estimate of drug-likeness (QED) is 0.893. The summed E-state index contributed by atoms with van der Waals surface area (Å²) in [5.41, 5.74) is 6.12. The maximum Gasteiger partial charge on any atom is 0.389 e. The standard InChI is InChI=1S/C11H14F3NO2.ClH/c1-17-10-6-7(16)2-3-8(10)9(15)4-5-11(12,13)14;/h2-3,6,9,16H,4-5,15H2,1H3;1H/t9-;/m1./s1. The summed E-state index contributed by atoms with van der Waals surface area (Å²) in [5.74, 6) is 0.272. The number of nitrogens with two attached hydrogens (primary N) is 1. The van der Waals surface area contributed by atoms with Crippen molar-refractivity contribution in [2.75, 3.05) is 7.11 Å². The molecular formula is C11H15ClF3NO2. The SMILES string of the molecule is COc1cc(O)ccc1[C@H](N)CCC(F)(F)F.Cl. The molecule has 0 amide bonds. The molecule has 0 aliphatic rings. The van der Waals surface area contributed by atoms with Gasteiger partial charge in [-0.2, -0.15) is 13.2 Å². The van der Waals surface area contributed by atoms with Crippen LogP contribution in [0.5, 0.6) is 11.5 Å². The Bertz CT molecular complexity index is 385. The Kier molecular flexibility index (Phi) is 6.28. The third kappa shape index (κ3) is 5.01. The van der Waals surface area contributed by atoms with E-state index in [2.05, 4.69) is 0 Å². The highest BCUT2D eigenvalue weighted by atomic mass is 35.5. The maximum atomic E-state index is 12.1. The molecule has 3 nitrogen and oxygen atoms in total. The number of hydrogen-bond acceptors (Lipinski definition) is 3. The van der Waals surface area contributed by atoms with Crippen molar-refractivity contribution >= 4 is 12.4 Å². The molecule has 0 saturated heterocycles. The first kappa shape index (κ1) is 16.9. The molecule has 0 unspecified atom stereocenters. The molecule has 3 N–H and O–H groups in total. The first-order valence-electron chi connectivity index (χ1n) is 5.02. The molecule has 0 aliphatic heterocycles. The molecule has 0 aliphatic carbocycles. The molecule has 0 aromatic heterocycles. The lowest BCUT2D eigenvalue weighted by Gasteiger charge is -2.16. The van der Waals surface area contributed by atoms with E-state index in [0.29, 0.717) is 11.3 Å². The summed E-state index contributed by atoms with van der Waals surface area (Å²) < 4.78 is 41.1. The van der Waals surface area contributed by atoms with Gasteiger partial charge in [-0.05, 0) is 12.5 Å². The van der Waals surface area contributed by atoms with Gasteiger partial charge in [-0.3, -0.25) is 0 Å². The van der Waals surface area contributed by atoms with E-state index in [1.54, 1.807) is 0 Å². The Morgan fingerprint density at radius 2 is 2.00 bits per heavy atom. The smallest absolute Gasteiger partial charge is 0.389 e. The molecule has 1 rings (SSSR count). The second-order valence-electron chi connectivity index (χ2n) is 3.69. The van der Waals surface area contributed by atoms with Crippen LogP contribution in [0.4, 0.5) is 13.2 Å². The van der Waals surface area contributed by atoms with Gasteiger partial charge in [0.2, 0.25) is 0 Å². The Labute approximate surface area is 109 Å². The number of hydrogen-bond donors (Lipinski definition) is 2. The van der Waals surface area contributed by atoms with Crippen molar-refractivity contribution in [2.24, 2.45) is 5.73 Å². The van der Waals surface area contributed by atoms with Crippen LogP contribution in [-0.2, 0) is 0 Å². The van der Waals surface area contributed by atoms with E-state index in [-0.39, 0.29) is 24.6 Å². The molecule has 0 fully saturated rings. The fraction of sp³-hybridized carbons (Fsp3) is 0.455. The Hall–Kier alpha value is -1.14. The predicted molar refractivity (Wildman–Crippen MR) is 64.1 cm³/mol. The average molecular weight is 286 g/mol. The molecule has 104 valence electrons. The van der Waals surface area contributed by atoms with Crippen molar-refractivity contribution in [3.63, 3.8) is 0 Å². The fourth-order valence-corrected chi connectivity index (χ4v) is 1.48. The number of alkyl halides is 3. The van der Waals surface area contributed by atoms with E-state index in [1.165, 1.54) is 25.3 Å². The number of halogens is 4. The Morgan fingerprint density at radius 3 is 2.50 bits per heavy atom. The van der Waals surface area contributed by atoms with Crippen LogP contribution in [0.25, 0.3) is 0 Å². The van der Waals surface area contributed by atoms with Gasteiger partial charge in [-0.25, -0.2) is 0 Å². The normalized spacial score (nSPS) is 12.7. The summed E-state index contributed by atoms with van der Waals surface area (Å²) >= 11 is 0. The second kappa shape index (κ2) is 6.70. The highest BCUT2D eigenvalue weighted by molar-refractivity contribution is 5.85. The van der Waals surface area contributed by atoms with Crippen molar-refractivity contribution in [3.8, 4) is 11.5 Å². The molecule has 1 aromatic carbocycles. The van der Waals surface area contributed by atoms with Gasteiger partial charge in [0, 0.05) is 24.1 Å². The molecule has 1 aromatic rings. The van der Waals surface area contributed by atoms with E-state index in [9.17, 15) is 18.3 Å². The van der Waals surface area contributed by atoms with Crippen molar-refractivity contribution in [3.05, 3.63) is 23.8 Å². The molecule has 1 atom stereocenters. The minimum Gasteiger partial charge on any atom is -0.508 e. The number of rotatable bonds is 4. The lowest BCUT2D eigenvalue weighted by Crippen LogP contribution is -2.16. The van der Waals surface area contributed by atoms with Gasteiger partial charge < -0.3 is 15.6 Å². The van der Waals surface area contributed by atoms with Crippen LogP contribution in [0, 0.1) is 0 Å². The highest BCUT2D eigenvalue weighted by Crippen LogP contribution is 2.32. The summed E-state index contributed by atoms with van der Waals surface area (Å²) in [6, 6.07) is 3.38. The van der Waals surface area contributed by atoms with Crippen molar-refractivity contribution < 1.29 is 23.0 Å². The summed E-state index contributed by atoms with van der Waals surface area (Å²) in [7, 11) is 1.37. The zero-order chi connectivity index (χ0) is 13.1. The van der Waals surface area contributed by atoms with Crippen LogP contribution >= 0.6 is 12.4 Å². The van der Waals surface area contributed by atoms with Gasteiger partial charge in [0.15, 0.2) is 0 Å². The number of aromatic hydroxyl groups is 1.